The molecular weight excluding hydrogens is 282 g/mol. The topological polar surface area (TPSA) is 57.8 Å². The molecular formula is C12H12BrN3O. The number of H-pyrrole nitrogens is 1. The van der Waals surface area contributed by atoms with E-state index < -0.39 is 0 Å². The van der Waals surface area contributed by atoms with Crippen LogP contribution in [0.3, 0.4) is 0 Å². The number of aromatic amines is 1. The van der Waals surface area contributed by atoms with Crippen molar-refractivity contribution in [3.63, 3.8) is 0 Å². The van der Waals surface area contributed by atoms with Gasteiger partial charge in [0.1, 0.15) is 5.82 Å². The van der Waals surface area contributed by atoms with Gasteiger partial charge in [0.15, 0.2) is 0 Å². The number of rotatable bonds is 3. The van der Waals surface area contributed by atoms with Gasteiger partial charge in [-0.05, 0) is 34.5 Å². The quantitative estimate of drug-likeness (QED) is 0.913. The number of imidazole rings is 1. The van der Waals surface area contributed by atoms with E-state index in [0.717, 1.165) is 15.9 Å². The minimum absolute atomic E-state index is 0.114. The van der Waals surface area contributed by atoms with Gasteiger partial charge in [-0.2, -0.15) is 0 Å². The maximum Gasteiger partial charge on any atom is 0.252 e. The van der Waals surface area contributed by atoms with Gasteiger partial charge in [0.05, 0.1) is 12.1 Å². The minimum Gasteiger partial charge on any atom is -0.347 e. The molecule has 88 valence electrons. The molecule has 2 rings (SSSR count). The number of benzene rings is 1. The summed E-state index contributed by atoms with van der Waals surface area (Å²) in [6.45, 7) is 2.35. The van der Waals surface area contributed by atoms with E-state index in [1.807, 2.05) is 19.1 Å². The minimum atomic E-state index is -0.114. The van der Waals surface area contributed by atoms with Gasteiger partial charge < -0.3 is 10.3 Å². The molecule has 1 aromatic heterocycles. The van der Waals surface area contributed by atoms with Crippen LogP contribution >= 0.6 is 15.9 Å². The molecule has 4 nitrogen and oxygen atoms in total. The third-order valence-electron chi connectivity index (χ3n) is 2.41. The lowest BCUT2D eigenvalue weighted by Gasteiger charge is -2.07. The first-order valence-corrected chi connectivity index (χ1v) is 5.99. The maximum absolute atomic E-state index is 11.9. The highest BCUT2D eigenvalue weighted by Crippen LogP contribution is 2.20. The third-order valence-corrected chi connectivity index (χ3v) is 3.46. The lowest BCUT2D eigenvalue weighted by molar-refractivity contribution is 0.0949. The zero-order chi connectivity index (χ0) is 12.3. The van der Waals surface area contributed by atoms with E-state index in [1.54, 1.807) is 18.5 Å². The summed E-state index contributed by atoms with van der Waals surface area (Å²) in [5.41, 5.74) is 1.67. The van der Waals surface area contributed by atoms with Gasteiger partial charge in [-0.1, -0.05) is 12.1 Å². The third kappa shape index (κ3) is 2.74. The molecule has 5 heteroatoms. The van der Waals surface area contributed by atoms with Gasteiger partial charge in [0, 0.05) is 16.9 Å². The molecule has 0 atom stereocenters. The van der Waals surface area contributed by atoms with E-state index in [4.69, 9.17) is 0 Å². The molecule has 1 aromatic carbocycles. The Kier molecular flexibility index (Phi) is 3.58. The second-order valence-electron chi connectivity index (χ2n) is 3.65. The molecule has 0 spiro atoms. The van der Waals surface area contributed by atoms with Gasteiger partial charge in [-0.25, -0.2) is 4.98 Å². The first-order chi connectivity index (χ1) is 8.18. The van der Waals surface area contributed by atoms with E-state index in [1.165, 1.54) is 0 Å². The van der Waals surface area contributed by atoms with Crippen LogP contribution in [0.5, 0.6) is 0 Å². The SMILES string of the molecule is Cc1cccc(C(=O)NCc2ncc[nH]2)c1Br. The van der Waals surface area contributed by atoms with E-state index in [-0.39, 0.29) is 5.91 Å². The number of aryl methyl sites for hydroxylation is 1. The molecule has 0 aliphatic heterocycles. The lowest BCUT2D eigenvalue weighted by Crippen LogP contribution is -2.23. The molecule has 0 aliphatic rings. The van der Waals surface area contributed by atoms with Crippen molar-refractivity contribution in [3.05, 3.63) is 52.0 Å². The standard InChI is InChI=1S/C12H12BrN3O/c1-8-3-2-4-9(11(8)13)12(17)16-7-10-14-5-6-15-10/h2-6H,7H2,1H3,(H,14,15)(H,16,17). The van der Waals surface area contributed by atoms with Crippen molar-refractivity contribution in [1.29, 1.82) is 0 Å². The van der Waals surface area contributed by atoms with Crippen LogP contribution in [-0.2, 0) is 6.54 Å². The van der Waals surface area contributed by atoms with Crippen molar-refractivity contribution < 1.29 is 4.79 Å². The number of amides is 1. The monoisotopic (exact) mass is 293 g/mol. The Morgan fingerprint density at radius 3 is 3.06 bits per heavy atom. The van der Waals surface area contributed by atoms with E-state index in [2.05, 4.69) is 31.2 Å². The smallest absolute Gasteiger partial charge is 0.252 e. The average molecular weight is 294 g/mol. The summed E-state index contributed by atoms with van der Waals surface area (Å²) in [5, 5.41) is 2.81. The molecule has 0 unspecified atom stereocenters. The van der Waals surface area contributed by atoms with Crippen molar-refractivity contribution >= 4 is 21.8 Å². The van der Waals surface area contributed by atoms with Crippen LogP contribution in [0.2, 0.25) is 0 Å². The number of nitrogens with zero attached hydrogens (tertiary/aromatic N) is 1. The summed E-state index contributed by atoms with van der Waals surface area (Å²) in [6, 6.07) is 5.60. The molecule has 0 aliphatic carbocycles. The van der Waals surface area contributed by atoms with Crippen LogP contribution in [0.25, 0.3) is 0 Å². The van der Waals surface area contributed by atoms with Gasteiger partial charge in [-0.3, -0.25) is 4.79 Å². The summed E-state index contributed by atoms with van der Waals surface area (Å²) in [5.74, 6) is 0.624. The van der Waals surface area contributed by atoms with Gasteiger partial charge in [0.2, 0.25) is 0 Å². The Hall–Kier alpha value is -1.62. The first kappa shape index (κ1) is 11.9. The van der Waals surface area contributed by atoms with Crippen LogP contribution < -0.4 is 5.32 Å². The number of hydrogen-bond donors (Lipinski definition) is 2. The Morgan fingerprint density at radius 2 is 2.35 bits per heavy atom. The lowest BCUT2D eigenvalue weighted by atomic mass is 10.1. The molecule has 2 aromatic rings. The van der Waals surface area contributed by atoms with Crippen molar-refractivity contribution in [3.8, 4) is 0 Å². The number of carbonyl (C=O) groups excluding carboxylic acids is 1. The number of halogens is 1. The van der Waals surface area contributed by atoms with Crippen LogP contribution in [0.1, 0.15) is 21.7 Å². The fraction of sp³-hybridized carbons (Fsp3) is 0.167. The summed E-state index contributed by atoms with van der Waals surface area (Å²) >= 11 is 3.42. The van der Waals surface area contributed by atoms with Crippen LogP contribution in [0.4, 0.5) is 0 Å². The Labute approximate surface area is 108 Å². The van der Waals surface area contributed by atoms with Crippen molar-refractivity contribution in [2.24, 2.45) is 0 Å². The first-order valence-electron chi connectivity index (χ1n) is 5.20. The molecule has 1 amide bonds. The van der Waals surface area contributed by atoms with Crippen LogP contribution in [-0.4, -0.2) is 15.9 Å². The van der Waals surface area contributed by atoms with Gasteiger partial charge in [-0.15, -0.1) is 0 Å². The zero-order valence-corrected chi connectivity index (χ0v) is 10.9. The van der Waals surface area contributed by atoms with Crippen LogP contribution in [0.15, 0.2) is 35.1 Å². The molecule has 1 heterocycles. The maximum atomic E-state index is 11.9. The molecule has 0 bridgehead atoms. The molecule has 0 saturated carbocycles. The molecule has 0 fully saturated rings. The number of aromatic nitrogens is 2. The average Bonchev–Trinajstić information content (AvgIpc) is 2.82. The van der Waals surface area contributed by atoms with E-state index >= 15 is 0 Å². The zero-order valence-electron chi connectivity index (χ0n) is 9.33. The number of nitrogens with one attached hydrogen (secondary N) is 2. The summed E-state index contributed by atoms with van der Waals surface area (Å²) in [4.78, 5) is 18.9. The summed E-state index contributed by atoms with van der Waals surface area (Å²) < 4.78 is 0.831. The van der Waals surface area contributed by atoms with Gasteiger partial charge >= 0.3 is 0 Å². The predicted molar refractivity (Wildman–Crippen MR) is 68.6 cm³/mol. The number of hydrogen-bond acceptors (Lipinski definition) is 2. The Bertz CT molecular complexity index is 523. The highest BCUT2D eigenvalue weighted by atomic mass is 79.9. The van der Waals surface area contributed by atoms with Crippen molar-refractivity contribution in [1.82, 2.24) is 15.3 Å². The second kappa shape index (κ2) is 5.14. The Morgan fingerprint density at radius 1 is 1.53 bits per heavy atom. The highest BCUT2D eigenvalue weighted by molar-refractivity contribution is 9.10. The second-order valence-corrected chi connectivity index (χ2v) is 4.45. The molecule has 17 heavy (non-hydrogen) atoms. The van der Waals surface area contributed by atoms with Crippen molar-refractivity contribution in [2.75, 3.05) is 0 Å². The van der Waals surface area contributed by atoms with Gasteiger partial charge in [0.25, 0.3) is 5.91 Å². The predicted octanol–water partition coefficient (Wildman–Crippen LogP) is 2.41. The molecule has 0 saturated heterocycles. The van der Waals surface area contributed by atoms with E-state index in [9.17, 15) is 4.79 Å². The normalized spacial score (nSPS) is 10.2. The van der Waals surface area contributed by atoms with E-state index in [0.29, 0.717) is 12.1 Å². The highest BCUT2D eigenvalue weighted by Gasteiger charge is 2.10. The summed E-state index contributed by atoms with van der Waals surface area (Å²) in [7, 11) is 0. The van der Waals surface area contributed by atoms with Crippen molar-refractivity contribution in [2.45, 2.75) is 13.5 Å². The molecule has 0 radical (unpaired) electrons. The largest absolute Gasteiger partial charge is 0.347 e. The fourth-order valence-corrected chi connectivity index (χ4v) is 1.92. The summed E-state index contributed by atoms with van der Waals surface area (Å²) in [6.07, 6.45) is 3.38. The molecule has 2 N–H and O–H groups in total. The fourth-order valence-electron chi connectivity index (χ4n) is 1.48. The Balaban J connectivity index is 2.07. The van der Waals surface area contributed by atoms with Crippen LogP contribution in [0, 0.1) is 6.92 Å². The number of carbonyl (C=O) groups is 1.